The van der Waals surface area contributed by atoms with Gasteiger partial charge in [0.1, 0.15) is 17.2 Å². The quantitative estimate of drug-likeness (QED) is 0.393. The molecule has 0 aromatic heterocycles. The maximum absolute atomic E-state index is 14.4. The first kappa shape index (κ1) is 30.5. The molecule has 6 rings (SSSR count). The van der Waals surface area contributed by atoms with Crippen molar-refractivity contribution in [2.75, 3.05) is 39.3 Å². The van der Waals surface area contributed by atoms with Crippen LogP contribution in [0.5, 0.6) is 0 Å². The molecule has 1 saturated carbocycles. The molecular weight excluding hydrogens is 562 g/mol. The van der Waals surface area contributed by atoms with E-state index in [1.54, 1.807) is 6.07 Å². The maximum atomic E-state index is 14.4. The fourth-order valence-corrected chi connectivity index (χ4v) is 7.72. The first-order chi connectivity index (χ1) is 21.3. The van der Waals surface area contributed by atoms with E-state index in [9.17, 15) is 18.4 Å². The zero-order valence-electron chi connectivity index (χ0n) is 25.4. The molecular formula is C35H42F2N4O3. The Kier molecular flexibility index (Phi) is 9.18. The van der Waals surface area contributed by atoms with Crippen molar-refractivity contribution in [1.29, 1.82) is 5.26 Å². The van der Waals surface area contributed by atoms with Crippen molar-refractivity contribution in [1.82, 2.24) is 14.7 Å². The molecule has 3 aliphatic heterocycles. The molecule has 3 saturated heterocycles. The average Bonchev–Trinajstić information content (AvgIpc) is 3.34. The van der Waals surface area contributed by atoms with Crippen LogP contribution in [0.15, 0.2) is 42.5 Å². The summed E-state index contributed by atoms with van der Waals surface area (Å²) in [6, 6.07) is 14.5. The van der Waals surface area contributed by atoms with Crippen LogP contribution in [0.1, 0.15) is 68.1 Å². The van der Waals surface area contributed by atoms with Crippen molar-refractivity contribution < 1.29 is 23.1 Å². The van der Waals surface area contributed by atoms with Crippen LogP contribution in [0.4, 0.5) is 13.6 Å². The number of likely N-dealkylation sites (tertiary alicyclic amines) is 2. The molecule has 234 valence electrons. The lowest BCUT2D eigenvalue weighted by Crippen LogP contribution is -2.47. The van der Waals surface area contributed by atoms with Gasteiger partial charge < -0.3 is 14.5 Å². The Morgan fingerprint density at radius 2 is 1.59 bits per heavy atom. The van der Waals surface area contributed by atoms with E-state index in [0.29, 0.717) is 56.8 Å². The molecule has 2 aromatic rings. The van der Waals surface area contributed by atoms with E-state index in [-0.39, 0.29) is 29.7 Å². The van der Waals surface area contributed by atoms with Gasteiger partial charge in [0.2, 0.25) is 5.91 Å². The van der Waals surface area contributed by atoms with Gasteiger partial charge >= 0.3 is 6.09 Å². The van der Waals surface area contributed by atoms with E-state index in [2.05, 4.69) is 35.2 Å². The number of nitriles is 1. The van der Waals surface area contributed by atoms with E-state index in [1.165, 1.54) is 5.56 Å². The highest BCUT2D eigenvalue weighted by atomic mass is 19.1. The van der Waals surface area contributed by atoms with Gasteiger partial charge in [0, 0.05) is 63.6 Å². The molecule has 3 heterocycles. The number of halogens is 2. The minimum absolute atomic E-state index is 0.0331. The monoisotopic (exact) mass is 604 g/mol. The van der Waals surface area contributed by atoms with Crippen molar-refractivity contribution in [2.24, 2.45) is 17.8 Å². The van der Waals surface area contributed by atoms with E-state index in [4.69, 9.17) is 10.00 Å². The zero-order valence-corrected chi connectivity index (χ0v) is 25.4. The largest absolute Gasteiger partial charge is 0.441 e. The summed E-state index contributed by atoms with van der Waals surface area (Å²) in [5.74, 6) is -0.0138. The van der Waals surface area contributed by atoms with Gasteiger partial charge in [0.25, 0.3) is 0 Å². The Morgan fingerprint density at radius 3 is 2.23 bits per heavy atom. The third-order valence-electron chi connectivity index (χ3n) is 10.4. The zero-order chi connectivity index (χ0) is 30.7. The molecule has 1 spiro atoms. The molecule has 0 atom stereocenters. The van der Waals surface area contributed by atoms with Gasteiger partial charge in [0.15, 0.2) is 0 Å². The lowest BCUT2D eigenvalue weighted by atomic mass is 9.80. The second-order valence-corrected chi connectivity index (χ2v) is 13.4. The number of hydrogen-bond acceptors (Lipinski definition) is 5. The minimum Gasteiger partial charge on any atom is -0.441 e. The molecule has 7 nitrogen and oxygen atoms in total. The number of rotatable bonds is 7. The van der Waals surface area contributed by atoms with Gasteiger partial charge in [-0.1, -0.05) is 30.3 Å². The molecule has 0 radical (unpaired) electrons. The average molecular weight is 605 g/mol. The van der Waals surface area contributed by atoms with Gasteiger partial charge in [-0.15, -0.1) is 0 Å². The van der Waals surface area contributed by atoms with Crippen LogP contribution in [-0.2, 0) is 22.5 Å². The standard InChI is InChI=1S/C35H42F2N4O3/c36-31-19-28(21-38)20-32(37)30(31)23-39-16-12-35(13-17-39)24-41(34(43)44-35)22-27-6-8-29(9-7-27)33(42)40-14-10-26(11-15-40)18-25-4-2-1-3-5-25/h1-5,19-20,26-27,29H,6-18,22-24H2. The maximum Gasteiger partial charge on any atom is 0.410 e. The number of piperidine rings is 2. The van der Waals surface area contributed by atoms with Gasteiger partial charge in [-0.05, 0) is 74.5 Å². The summed E-state index contributed by atoms with van der Waals surface area (Å²) in [6.45, 7) is 4.14. The highest BCUT2D eigenvalue weighted by Crippen LogP contribution is 2.37. The van der Waals surface area contributed by atoms with Crippen LogP contribution in [0.2, 0.25) is 0 Å². The van der Waals surface area contributed by atoms with Crippen molar-refractivity contribution in [3.05, 3.63) is 70.8 Å². The summed E-state index contributed by atoms with van der Waals surface area (Å²) in [7, 11) is 0. The van der Waals surface area contributed by atoms with Crippen LogP contribution >= 0.6 is 0 Å². The fraction of sp³-hybridized carbons (Fsp3) is 0.571. The molecule has 4 fully saturated rings. The molecule has 44 heavy (non-hydrogen) atoms. The Labute approximate surface area is 258 Å². The number of carbonyl (C=O) groups excluding carboxylic acids is 2. The van der Waals surface area contributed by atoms with Crippen molar-refractivity contribution >= 4 is 12.0 Å². The molecule has 0 N–H and O–H groups in total. The van der Waals surface area contributed by atoms with Gasteiger partial charge in [-0.3, -0.25) is 9.69 Å². The molecule has 0 bridgehead atoms. The summed E-state index contributed by atoms with van der Waals surface area (Å²) in [5, 5.41) is 8.93. The van der Waals surface area contributed by atoms with Crippen LogP contribution in [0, 0.1) is 40.7 Å². The van der Waals surface area contributed by atoms with E-state index in [1.807, 2.05) is 9.80 Å². The van der Waals surface area contributed by atoms with Crippen molar-refractivity contribution in [3.8, 4) is 6.07 Å². The SMILES string of the molecule is N#Cc1cc(F)c(CN2CCC3(CC2)CN(CC2CCC(C(=O)N4CCC(Cc5ccccc5)CC4)CC2)C(=O)O3)c(F)c1. The Balaban J connectivity index is 0.926. The van der Waals surface area contributed by atoms with Gasteiger partial charge in [-0.2, -0.15) is 5.26 Å². The molecule has 0 unspecified atom stereocenters. The number of carbonyl (C=O) groups is 2. The van der Waals surface area contributed by atoms with E-state index in [0.717, 1.165) is 70.2 Å². The predicted molar refractivity (Wildman–Crippen MR) is 161 cm³/mol. The van der Waals surface area contributed by atoms with Gasteiger partial charge in [0.05, 0.1) is 18.2 Å². The second kappa shape index (κ2) is 13.2. The molecule has 9 heteroatoms. The summed E-state index contributed by atoms with van der Waals surface area (Å²) in [5.41, 5.74) is 0.748. The first-order valence-electron chi connectivity index (χ1n) is 16.2. The summed E-state index contributed by atoms with van der Waals surface area (Å²) in [4.78, 5) is 32.1. The predicted octanol–water partition coefficient (Wildman–Crippen LogP) is 5.91. The van der Waals surface area contributed by atoms with E-state index >= 15 is 0 Å². The van der Waals surface area contributed by atoms with E-state index < -0.39 is 17.2 Å². The molecule has 1 aliphatic carbocycles. The fourth-order valence-electron chi connectivity index (χ4n) is 7.72. The smallest absolute Gasteiger partial charge is 0.410 e. The summed E-state index contributed by atoms with van der Waals surface area (Å²) in [6.07, 6.45) is 7.78. The molecule has 4 aliphatic rings. The highest BCUT2D eigenvalue weighted by molar-refractivity contribution is 5.79. The van der Waals surface area contributed by atoms with Crippen molar-refractivity contribution in [3.63, 3.8) is 0 Å². The number of benzene rings is 2. The topological polar surface area (TPSA) is 76.9 Å². The Morgan fingerprint density at radius 1 is 0.932 bits per heavy atom. The van der Waals surface area contributed by atoms with Crippen LogP contribution in [-0.4, -0.2) is 71.6 Å². The number of amides is 2. The second-order valence-electron chi connectivity index (χ2n) is 13.4. The van der Waals surface area contributed by atoms with Crippen molar-refractivity contribution in [2.45, 2.75) is 69.9 Å². The lowest BCUT2D eigenvalue weighted by Gasteiger charge is -2.38. The number of ether oxygens (including phenoxy) is 1. The lowest BCUT2D eigenvalue weighted by molar-refractivity contribution is -0.138. The van der Waals surface area contributed by atoms with Crippen LogP contribution in [0.3, 0.4) is 0 Å². The minimum atomic E-state index is -0.708. The first-order valence-corrected chi connectivity index (χ1v) is 16.2. The third kappa shape index (κ3) is 6.91. The normalized spacial score (nSPS) is 24.3. The Bertz CT molecular complexity index is 1350. The van der Waals surface area contributed by atoms with Crippen LogP contribution < -0.4 is 0 Å². The van der Waals surface area contributed by atoms with Crippen LogP contribution in [0.25, 0.3) is 0 Å². The summed E-state index contributed by atoms with van der Waals surface area (Å²) >= 11 is 0. The Hall–Kier alpha value is -3.51. The number of nitrogens with zero attached hydrogens (tertiary/aromatic N) is 4. The highest BCUT2D eigenvalue weighted by Gasteiger charge is 2.47. The molecule has 2 amide bonds. The van der Waals surface area contributed by atoms with Gasteiger partial charge in [-0.25, -0.2) is 13.6 Å². The molecule has 2 aromatic carbocycles. The summed E-state index contributed by atoms with van der Waals surface area (Å²) < 4.78 is 34.7. The number of hydrogen-bond donors (Lipinski definition) is 0. The third-order valence-corrected chi connectivity index (χ3v) is 10.4.